The molecule has 0 aromatic heterocycles. The molecular weight excluding hydrogens is 1230 g/mol. The van der Waals surface area contributed by atoms with E-state index in [0.29, 0.717) is 134 Å². The van der Waals surface area contributed by atoms with Gasteiger partial charge < -0.3 is 75.8 Å². The first-order chi connectivity index (χ1) is 47.1. The number of carbonyl (C=O) groups excluding carboxylic acids is 4. The molecule has 20 heteroatoms. The Morgan fingerprint density at radius 1 is 0.240 bits per heavy atom. The van der Waals surface area contributed by atoms with Gasteiger partial charge in [-0.1, -0.05) is 117 Å². The van der Waals surface area contributed by atoms with Crippen molar-refractivity contribution in [1.29, 1.82) is 0 Å². The molecule has 0 saturated heterocycles. The van der Waals surface area contributed by atoms with Crippen LogP contribution in [0.3, 0.4) is 0 Å². The minimum absolute atomic E-state index is 0.0109. The highest BCUT2D eigenvalue weighted by Gasteiger charge is 2.26. The van der Waals surface area contributed by atoms with Crippen molar-refractivity contribution in [3.8, 4) is 46.0 Å². The van der Waals surface area contributed by atoms with Crippen LogP contribution >= 0.6 is 0 Å². The Morgan fingerprint density at radius 2 is 0.479 bits per heavy atom. The maximum absolute atomic E-state index is 14.1. The molecule has 4 unspecified atom stereocenters. The Morgan fingerprint density at radius 3 is 0.781 bits per heavy atom. The summed E-state index contributed by atoms with van der Waals surface area (Å²) in [6, 6.07) is 21.5. The van der Waals surface area contributed by atoms with Crippen LogP contribution in [-0.2, 0) is 37.9 Å². The van der Waals surface area contributed by atoms with Gasteiger partial charge in [-0.2, -0.15) is 0 Å². The SMILES string of the molecule is CC1CCCCCCCCC(C)C(=O)c2ccc3c(c2)OCCOCCOCCOc2cccc(c2OCCOCCOCCO3)C(=O)C(C)CCCCCCCCC(C)C(=O)c2cccc3c2OCCOCCOCCOc2ccc(cc2OCCOCCOCCO3)C1=O. The highest BCUT2D eigenvalue weighted by atomic mass is 16.6. The Kier molecular flexibility index (Phi) is 36.9. The third-order valence-corrected chi connectivity index (χ3v) is 17.1. The monoisotopic (exact) mass is 1340 g/mol. The van der Waals surface area contributed by atoms with Crippen molar-refractivity contribution in [2.45, 2.75) is 130 Å². The van der Waals surface area contributed by atoms with E-state index >= 15 is 0 Å². The highest BCUT2D eigenvalue weighted by Crippen LogP contribution is 2.37. The summed E-state index contributed by atoms with van der Waals surface area (Å²) in [6.07, 6.45) is 14.7. The molecule has 0 spiro atoms. The lowest BCUT2D eigenvalue weighted by molar-refractivity contribution is 0.0222. The number of ether oxygens (including phenoxy) is 16. The van der Waals surface area contributed by atoms with E-state index in [0.717, 1.165) is 103 Å². The van der Waals surface area contributed by atoms with E-state index in [9.17, 15) is 19.2 Å². The van der Waals surface area contributed by atoms with Gasteiger partial charge >= 0.3 is 0 Å². The molecule has 8 heterocycles. The second-order valence-electron chi connectivity index (χ2n) is 24.7. The topological polar surface area (TPSA) is 216 Å². The first kappa shape index (κ1) is 77.0. The molecule has 0 amide bonds. The summed E-state index contributed by atoms with van der Waals surface area (Å²) in [5.74, 6) is 2.82. The van der Waals surface area contributed by atoms with E-state index in [1.165, 1.54) is 0 Å². The Balaban J connectivity index is 0.986. The number of hydrogen-bond donors (Lipinski definition) is 0. The summed E-state index contributed by atoms with van der Waals surface area (Å²) in [6.45, 7) is 14.5. The van der Waals surface area contributed by atoms with E-state index in [1.54, 1.807) is 60.7 Å². The molecule has 0 N–H and O–H groups in total. The number of carbonyl (C=O) groups is 4. The lowest BCUT2D eigenvalue weighted by Gasteiger charge is -2.19. The smallest absolute Gasteiger partial charge is 0.172 e. The first-order valence-electron chi connectivity index (χ1n) is 35.4. The molecule has 0 fully saturated rings. The van der Waals surface area contributed by atoms with E-state index in [-0.39, 0.29) is 139 Å². The molecule has 0 saturated carbocycles. The summed E-state index contributed by atoms with van der Waals surface area (Å²) in [7, 11) is 0. The van der Waals surface area contributed by atoms with Gasteiger partial charge in [0.1, 0.15) is 52.9 Å². The van der Waals surface area contributed by atoms with Crippen LogP contribution < -0.4 is 37.9 Å². The fourth-order valence-electron chi connectivity index (χ4n) is 11.5. The highest BCUT2D eigenvalue weighted by molar-refractivity contribution is 6.02. The summed E-state index contributed by atoms with van der Waals surface area (Å²) in [4.78, 5) is 55.9. The number of hydrogen-bond acceptors (Lipinski definition) is 20. The second-order valence-corrected chi connectivity index (χ2v) is 24.7. The van der Waals surface area contributed by atoms with Gasteiger partial charge in [0.15, 0.2) is 69.1 Å². The van der Waals surface area contributed by atoms with Gasteiger partial charge in [-0.15, -0.1) is 0 Å². The van der Waals surface area contributed by atoms with Crippen LogP contribution in [0.25, 0.3) is 0 Å². The third-order valence-electron chi connectivity index (χ3n) is 17.1. The van der Waals surface area contributed by atoms with Crippen LogP contribution in [0.15, 0.2) is 72.8 Å². The van der Waals surface area contributed by atoms with Crippen molar-refractivity contribution >= 4 is 23.1 Å². The van der Waals surface area contributed by atoms with Crippen LogP contribution in [0.4, 0.5) is 0 Å². The molecule has 0 radical (unpaired) electrons. The van der Waals surface area contributed by atoms with Crippen molar-refractivity contribution in [3.63, 3.8) is 0 Å². The molecule has 4 atom stereocenters. The molecule has 532 valence electrons. The lowest BCUT2D eigenvalue weighted by atomic mass is 9.92. The van der Waals surface area contributed by atoms with E-state index < -0.39 is 0 Å². The average molecular weight is 1340 g/mol. The molecule has 12 rings (SSSR count). The number of ketones is 4. The minimum Gasteiger partial charge on any atom is -0.487 e. The van der Waals surface area contributed by atoms with E-state index in [2.05, 4.69) is 0 Å². The van der Waals surface area contributed by atoms with Gasteiger partial charge in [0, 0.05) is 34.8 Å². The standard InChI is InChI=1S/C76H108O20/c1-57-19-13-9-5-6-10-14-20-58(2)72(78)62-28-30-66-70(56-62)94-52-44-86-34-32-84-42-50-92-68-26-18-24-64(76(68)96-54-46-88-38-36-82-40-48-90-66)74(80)60(4)22-16-12-8-7-11-15-21-59(3)73(79)63-23-17-25-67-75(63)95-53-45-87-37-35-81-39-47-89-65-29-27-61(71(57)77)55-69(65)93-51-43-85-33-31-83-41-49-91-67/h17-18,23-30,55-60H,5-16,19-22,31-54H2,1-4H3. The average Bonchev–Trinajstić information content (AvgIpc) is 0.900. The third kappa shape index (κ3) is 27.9. The second kappa shape index (κ2) is 46.0. The largest absolute Gasteiger partial charge is 0.487 e. The van der Waals surface area contributed by atoms with Crippen LogP contribution in [0.5, 0.6) is 46.0 Å². The van der Waals surface area contributed by atoms with Crippen LogP contribution in [0.1, 0.15) is 172 Å². The van der Waals surface area contributed by atoms with Crippen molar-refractivity contribution < 1.29 is 95.0 Å². The molecule has 20 nitrogen and oxygen atoms in total. The summed E-state index contributed by atoms with van der Waals surface area (Å²) in [5, 5.41) is 0. The zero-order valence-corrected chi connectivity index (χ0v) is 57.7. The predicted octanol–water partition coefficient (Wildman–Crippen LogP) is 13.5. The Labute approximate surface area is 569 Å². The van der Waals surface area contributed by atoms with Crippen molar-refractivity contribution in [3.05, 3.63) is 95.1 Å². The Bertz CT molecular complexity index is 2690. The van der Waals surface area contributed by atoms with Crippen LogP contribution in [0.2, 0.25) is 0 Å². The van der Waals surface area contributed by atoms with E-state index in [1.807, 2.05) is 39.8 Å². The van der Waals surface area contributed by atoms with Gasteiger partial charge in [-0.05, 0) is 86.3 Å². The number of rotatable bonds is 0. The summed E-state index contributed by atoms with van der Waals surface area (Å²) >= 11 is 0. The number of Topliss-reactive ketones (excluding diaryl/α,β-unsaturated/α-hetero) is 4. The van der Waals surface area contributed by atoms with Crippen molar-refractivity contribution in [2.24, 2.45) is 23.7 Å². The number of benzene rings is 4. The van der Waals surface area contributed by atoms with Crippen LogP contribution in [0, 0.1) is 23.7 Å². The van der Waals surface area contributed by atoms with Gasteiger partial charge in [0.2, 0.25) is 0 Å². The predicted molar refractivity (Wildman–Crippen MR) is 364 cm³/mol. The minimum atomic E-state index is -0.245. The zero-order chi connectivity index (χ0) is 67.6. The fourth-order valence-corrected chi connectivity index (χ4v) is 11.5. The maximum Gasteiger partial charge on any atom is 0.172 e. The van der Waals surface area contributed by atoms with Crippen molar-refractivity contribution in [1.82, 2.24) is 0 Å². The van der Waals surface area contributed by atoms with Gasteiger partial charge in [0.25, 0.3) is 0 Å². The zero-order valence-electron chi connectivity index (χ0n) is 57.7. The fraction of sp³-hybridized carbons (Fsp3) is 0.632. The van der Waals surface area contributed by atoms with Crippen LogP contribution in [-0.4, -0.2) is 182 Å². The molecule has 8 aliphatic heterocycles. The normalized spacial score (nSPS) is 22.8. The summed E-state index contributed by atoms with van der Waals surface area (Å²) < 4.78 is 96.4. The molecule has 0 aliphatic carbocycles. The molecular formula is C76H108O20. The Hall–Kier alpha value is -6.36. The maximum atomic E-state index is 14.1. The molecule has 8 aliphatic rings. The lowest BCUT2D eigenvalue weighted by Crippen LogP contribution is -2.18. The first-order valence-corrected chi connectivity index (χ1v) is 35.4. The van der Waals surface area contributed by atoms with Gasteiger partial charge in [-0.25, -0.2) is 0 Å². The molecule has 4 aromatic carbocycles. The molecule has 96 heavy (non-hydrogen) atoms. The molecule has 12 bridgehead atoms. The van der Waals surface area contributed by atoms with Gasteiger partial charge in [-0.3, -0.25) is 19.2 Å². The summed E-state index contributed by atoms with van der Waals surface area (Å²) in [5.41, 5.74) is 2.05. The van der Waals surface area contributed by atoms with Gasteiger partial charge in [0.05, 0.1) is 117 Å². The molecule has 4 aromatic rings. The number of para-hydroxylation sites is 2. The quantitative estimate of drug-likeness (QED) is 0.160. The van der Waals surface area contributed by atoms with E-state index in [4.69, 9.17) is 75.8 Å². The van der Waals surface area contributed by atoms with Crippen molar-refractivity contribution in [2.75, 3.05) is 159 Å².